The van der Waals surface area contributed by atoms with Crippen molar-refractivity contribution in [2.75, 3.05) is 14.2 Å². The first kappa shape index (κ1) is 22.0. The molecule has 162 valence electrons. The SMILES string of the molecule is COC(=O)/C=C1\CC[C@H]2[C@@H]([C@@H](O)C(=O)[C@@H]3[C@]2(C)CC[C@H](O)[C@]3(C)C(=O)OC)[C@H]1C. The molecule has 0 aromatic heterocycles. The zero-order valence-electron chi connectivity index (χ0n) is 17.8. The van der Waals surface area contributed by atoms with Crippen LogP contribution < -0.4 is 0 Å². The van der Waals surface area contributed by atoms with E-state index >= 15 is 0 Å². The molecule has 7 nitrogen and oxygen atoms in total. The molecule has 2 N–H and O–H groups in total. The lowest BCUT2D eigenvalue weighted by Gasteiger charge is -2.62. The molecule has 0 bridgehead atoms. The van der Waals surface area contributed by atoms with E-state index in [1.54, 1.807) is 6.92 Å². The molecule has 0 aromatic carbocycles. The topological polar surface area (TPSA) is 110 Å². The molecule has 3 saturated carbocycles. The van der Waals surface area contributed by atoms with Crippen LogP contribution in [-0.2, 0) is 23.9 Å². The fourth-order valence-corrected chi connectivity index (χ4v) is 6.64. The fourth-order valence-electron chi connectivity index (χ4n) is 6.64. The Labute approximate surface area is 171 Å². The summed E-state index contributed by atoms with van der Waals surface area (Å²) < 4.78 is 9.72. The van der Waals surface area contributed by atoms with Gasteiger partial charge in [-0.05, 0) is 49.9 Å². The Morgan fingerprint density at radius 2 is 1.79 bits per heavy atom. The number of hydrogen-bond acceptors (Lipinski definition) is 7. The zero-order chi connectivity index (χ0) is 21.7. The predicted molar refractivity (Wildman–Crippen MR) is 103 cm³/mol. The van der Waals surface area contributed by atoms with Crippen molar-refractivity contribution in [3.05, 3.63) is 11.6 Å². The van der Waals surface area contributed by atoms with Gasteiger partial charge < -0.3 is 19.7 Å². The Bertz CT molecular complexity index is 743. The van der Waals surface area contributed by atoms with Crippen molar-refractivity contribution in [3.8, 4) is 0 Å². The summed E-state index contributed by atoms with van der Waals surface area (Å²) in [5.74, 6) is -2.81. The minimum absolute atomic E-state index is 0.0125. The van der Waals surface area contributed by atoms with E-state index in [0.717, 1.165) is 5.57 Å². The summed E-state index contributed by atoms with van der Waals surface area (Å²) in [6.45, 7) is 5.53. The summed E-state index contributed by atoms with van der Waals surface area (Å²) in [4.78, 5) is 37.9. The number of carbonyl (C=O) groups excluding carboxylic acids is 3. The van der Waals surface area contributed by atoms with E-state index in [4.69, 9.17) is 9.47 Å². The van der Waals surface area contributed by atoms with Gasteiger partial charge in [0.15, 0.2) is 5.78 Å². The lowest BCUT2D eigenvalue weighted by atomic mass is 9.41. The van der Waals surface area contributed by atoms with Gasteiger partial charge in [-0.1, -0.05) is 19.4 Å². The molecule has 7 heteroatoms. The number of aliphatic hydroxyl groups excluding tert-OH is 2. The van der Waals surface area contributed by atoms with Gasteiger partial charge in [0.25, 0.3) is 0 Å². The summed E-state index contributed by atoms with van der Waals surface area (Å²) >= 11 is 0. The molecule has 0 spiro atoms. The molecule has 3 aliphatic rings. The van der Waals surface area contributed by atoms with Crippen LogP contribution in [0.3, 0.4) is 0 Å². The third-order valence-corrected chi connectivity index (χ3v) is 8.20. The molecule has 3 rings (SSSR count). The van der Waals surface area contributed by atoms with Crippen LogP contribution >= 0.6 is 0 Å². The van der Waals surface area contributed by atoms with Crippen LogP contribution in [0.25, 0.3) is 0 Å². The Kier molecular flexibility index (Phi) is 5.69. The highest BCUT2D eigenvalue weighted by Gasteiger charge is 2.68. The number of esters is 2. The lowest BCUT2D eigenvalue weighted by molar-refractivity contribution is -0.209. The van der Waals surface area contributed by atoms with Crippen LogP contribution in [0, 0.1) is 34.5 Å². The molecule has 0 amide bonds. The number of fused-ring (bicyclic) bond motifs is 3. The molecule has 3 fully saturated rings. The van der Waals surface area contributed by atoms with Gasteiger partial charge in [0.05, 0.1) is 20.3 Å². The van der Waals surface area contributed by atoms with E-state index in [1.807, 2.05) is 13.8 Å². The maximum Gasteiger partial charge on any atom is 0.330 e. The number of methoxy groups -OCH3 is 2. The fraction of sp³-hybridized carbons (Fsp3) is 0.773. The maximum absolute atomic E-state index is 13.5. The Morgan fingerprint density at radius 1 is 1.14 bits per heavy atom. The molecule has 0 aromatic rings. The highest BCUT2D eigenvalue weighted by Crippen LogP contribution is 2.64. The first-order chi connectivity index (χ1) is 13.5. The summed E-state index contributed by atoms with van der Waals surface area (Å²) in [7, 11) is 2.58. The summed E-state index contributed by atoms with van der Waals surface area (Å²) in [5, 5.41) is 21.8. The second kappa shape index (κ2) is 7.51. The molecular weight excluding hydrogens is 376 g/mol. The van der Waals surface area contributed by atoms with Gasteiger partial charge in [-0.2, -0.15) is 0 Å². The number of carbonyl (C=O) groups is 3. The smallest absolute Gasteiger partial charge is 0.330 e. The number of hydrogen-bond donors (Lipinski definition) is 2. The second-order valence-corrected chi connectivity index (χ2v) is 9.37. The van der Waals surface area contributed by atoms with Gasteiger partial charge in [0, 0.05) is 17.9 Å². The largest absolute Gasteiger partial charge is 0.469 e. The average molecular weight is 408 g/mol. The van der Waals surface area contributed by atoms with E-state index in [2.05, 4.69) is 0 Å². The summed E-state index contributed by atoms with van der Waals surface area (Å²) in [6, 6.07) is 0. The van der Waals surface area contributed by atoms with E-state index in [1.165, 1.54) is 20.3 Å². The third-order valence-electron chi connectivity index (χ3n) is 8.20. The molecule has 3 aliphatic carbocycles. The zero-order valence-corrected chi connectivity index (χ0v) is 17.8. The number of aliphatic hydroxyl groups is 2. The summed E-state index contributed by atoms with van der Waals surface area (Å²) in [6.07, 6.45) is 1.55. The molecule has 0 unspecified atom stereocenters. The molecule has 29 heavy (non-hydrogen) atoms. The highest BCUT2D eigenvalue weighted by molar-refractivity contribution is 5.94. The van der Waals surface area contributed by atoms with Crippen molar-refractivity contribution >= 4 is 17.7 Å². The van der Waals surface area contributed by atoms with Gasteiger partial charge in [-0.25, -0.2) is 4.79 Å². The predicted octanol–water partition coefficient (Wildman–Crippen LogP) is 1.65. The normalized spacial score (nSPS) is 45.9. The van der Waals surface area contributed by atoms with E-state index in [-0.39, 0.29) is 17.8 Å². The lowest BCUT2D eigenvalue weighted by Crippen LogP contribution is -2.68. The highest BCUT2D eigenvalue weighted by atomic mass is 16.5. The molecule has 0 saturated heterocycles. The van der Waals surface area contributed by atoms with Gasteiger partial charge >= 0.3 is 11.9 Å². The van der Waals surface area contributed by atoms with Crippen molar-refractivity contribution in [1.29, 1.82) is 0 Å². The van der Waals surface area contributed by atoms with Gasteiger partial charge in [0.2, 0.25) is 0 Å². The Morgan fingerprint density at radius 3 is 2.38 bits per heavy atom. The first-order valence-electron chi connectivity index (χ1n) is 10.3. The minimum atomic E-state index is -1.39. The number of allylic oxidation sites excluding steroid dienone is 1. The van der Waals surface area contributed by atoms with Crippen LogP contribution in [0.4, 0.5) is 0 Å². The van der Waals surface area contributed by atoms with Crippen LogP contribution in [0.15, 0.2) is 11.6 Å². The number of Topliss-reactive ketones (excluding diaryl/α,β-unsaturated/α-hetero) is 1. The Balaban J connectivity index is 2.06. The standard InChI is InChI=1S/C22H32O7/c1-11-12(10-15(24)28-4)6-7-13-16(11)17(25)18(26)19-21(13,2)9-8-14(23)22(19,3)20(27)29-5/h10-11,13-14,16-17,19,23,25H,6-9H2,1-5H3/b12-10+/t11-,13-,14-,16-,17+,19+,21+,22-/m0/s1. The minimum Gasteiger partial charge on any atom is -0.469 e. The van der Waals surface area contributed by atoms with Gasteiger partial charge in [0.1, 0.15) is 11.5 Å². The molecular formula is C22H32O7. The van der Waals surface area contributed by atoms with Crippen LogP contribution in [0.1, 0.15) is 46.5 Å². The number of ether oxygens (including phenoxy) is 2. The number of rotatable bonds is 2. The van der Waals surface area contributed by atoms with E-state index in [9.17, 15) is 24.6 Å². The molecule has 0 radical (unpaired) electrons. The van der Waals surface area contributed by atoms with Crippen LogP contribution in [0.5, 0.6) is 0 Å². The van der Waals surface area contributed by atoms with E-state index in [0.29, 0.717) is 25.7 Å². The van der Waals surface area contributed by atoms with Crippen molar-refractivity contribution in [2.45, 2.75) is 58.7 Å². The first-order valence-corrected chi connectivity index (χ1v) is 10.3. The van der Waals surface area contributed by atoms with Crippen molar-refractivity contribution < 1.29 is 34.1 Å². The van der Waals surface area contributed by atoms with E-state index < -0.39 is 46.7 Å². The van der Waals surface area contributed by atoms with Crippen LogP contribution in [0.2, 0.25) is 0 Å². The molecule has 0 heterocycles. The quantitative estimate of drug-likeness (QED) is 0.528. The average Bonchev–Trinajstić information content (AvgIpc) is 2.70. The van der Waals surface area contributed by atoms with Crippen molar-refractivity contribution in [1.82, 2.24) is 0 Å². The second-order valence-electron chi connectivity index (χ2n) is 9.37. The van der Waals surface area contributed by atoms with Crippen molar-refractivity contribution in [2.24, 2.45) is 34.5 Å². The van der Waals surface area contributed by atoms with Gasteiger partial charge in [-0.3, -0.25) is 9.59 Å². The third kappa shape index (κ3) is 3.05. The molecule has 8 atom stereocenters. The van der Waals surface area contributed by atoms with Gasteiger partial charge in [-0.15, -0.1) is 0 Å². The van der Waals surface area contributed by atoms with Crippen LogP contribution in [-0.4, -0.2) is 54.4 Å². The molecule has 0 aliphatic heterocycles. The number of ketones is 1. The monoisotopic (exact) mass is 408 g/mol. The van der Waals surface area contributed by atoms with Crippen molar-refractivity contribution in [3.63, 3.8) is 0 Å². The maximum atomic E-state index is 13.5. The Hall–Kier alpha value is -1.73. The summed E-state index contributed by atoms with van der Waals surface area (Å²) in [5.41, 5.74) is -1.07.